The molecule has 4 atom stereocenters. The van der Waals surface area contributed by atoms with Gasteiger partial charge in [-0.1, -0.05) is 0 Å². The second-order valence-electron chi connectivity index (χ2n) is 6.18. The third-order valence-corrected chi connectivity index (χ3v) is 5.22. The van der Waals surface area contributed by atoms with Crippen molar-refractivity contribution in [2.24, 2.45) is 23.7 Å². The van der Waals surface area contributed by atoms with Crippen LogP contribution < -0.4 is 15.8 Å². The third kappa shape index (κ3) is 1.69. The number of anilines is 2. The normalized spacial score (nSPS) is 38.1. The number of pyridine rings is 1. The van der Waals surface area contributed by atoms with E-state index in [9.17, 15) is 0 Å². The average molecular weight is 259 g/mol. The molecule has 3 aliphatic rings. The van der Waals surface area contributed by atoms with Gasteiger partial charge in [0.25, 0.3) is 0 Å². The largest absolute Gasteiger partial charge is 0.476 e. The second-order valence-corrected chi connectivity index (χ2v) is 6.18. The summed E-state index contributed by atoms with van der Waals surface area (Å²) >= 11 is 0. The Morgan fingerprint density at radius 1 is 1.32 bits per heavy atom. The minimum absolute atomic E-state index is 0.557. The quantitative estimate of drug-likeness (QED) is 0.872. The van der Waals surface area contributed by atoms with E-state index in [-0.39, 0.29) is 0 Å². The molecule has 0 radical (unpaired) electrons. The monoisotopic (exact) mass is 259 g/mol. The zero-order valence-corrected chi connectivity index (χ0v) is 11.3. The second kappa shape index (κ2) is 4.02. The van der Waals surface area contributed by atoms with Gasteiger partial charge in [0, 0.05) is 6.04 Å². The van der Waals surface area contributed by atoms with E-state index in [4.69, 9.17) is 10.5 Å². The van der Waals surface area contributed by atoms with Gasteiger partial charge in [-0.25, -0.2) is 0 Å². The molecule has 4 heteroatoms. The summed E-state index contributed by atoms with van der Waals surface area (Å²) in [5.41, 5.74) is 6.47. The maximum absolute atomic E-state index is 5.85. The van der Waals surface area contributed by atoms with E-state index < -0.39 is 0 Å². The molecule has 2 bridgehead atoms. The fourth-order valence-corrected chi connectivity index (χ4v) is 4.47. The van der Waals surface area contributed by atoms with Crippen LogP contribution in [0, 0.1) is 23.7 Å². The Hall–Kier alpha value is -1.45. The number of fused-ring (bicyclic) bond motifs is 5. The molecule has 3 fully saturated rings. The lowest BCUT2D eigenvalue weighted by Gasteiger charge is -2.13. The number of nitrogens with zero attached hydrogens (tertiary/aromatic N) is 1. The zero-order chi connectivity index (χ0) is 13.0. The smallest absolute Gasteiger partial charge is 0.239 e. The van der Waals surface area contributed by atoms with Crippen LogP contribution in [0.25, 0.3) is 0 Å². The van der Waals surface area contributed by atoms with Gasteiger partial charge in [0.1, 0.15) is 5.82 Å². The molecular formula is C15H21N3O. The first-order chi connectivity index (χ1) is 9.28. The van der Waals surface area contributed by atoms with Gasteiger partial charge in [-0.15, -0.1) is 0 Å². The van der Waals surface area contributed by atoms with Crippen molar-refractivity contribution in [2.75, 3.05) is 17.7 Å². The van der Waals surface area contributed by atoms with Gasteiger partial charge in [0.05, 0.1) is 12.3 Å². The first kappa shape index (κ1) is 11.4. The van der Waals surface area contributed by atoms with E-state index >= 15 is 0 Å². The van der Waals surface area contributed by atoms with Gasteiger partial charge < -0.3 is 15.8 Å². The van der Waals surface area contributed by atoms with E-state index in [1.807, 2.05) is 19.1 Å². The topological polar surface area (TPSA) is 60.2 Å². The Balaban J connectivity index is 1.48. The molecule has 0 amide bonds. The summed E-state index contributed by atoms with van der Waals surface area (Å²) in [7, 11) is 0. The molecule has 3 N–H and O–H groups in total. The van der Waals surface area contributed by atoms with Crippen molar-refractivity contribution in [2.45, 2.75) is 32.2 Å². The average Bonchev–Trinajstić information content (AvgIpc) is 2.81. The molecule has 0 saturated heterocycles. The van der Waals surface area contributed by atoms with Crippen molar-refractivity contribution in [3.05, 3.63) is 12.1 Å². The van der Waals surface area contributed by atoms with Crippen LogP contribution in [-0.4, -0.2) is 17.6 Å². The highest BCUT2D eigenvalue weighted by atomic mass is 16.5. The fourth-order valence-electron chi connectivity index (χ4n) is 4.47. The summed E-state index contributed by atoms with van der Waals surface area (Å²) in [5.74, 6) is 5.25. The lowest BCUT2D eigenvalue weighted by molar-refractivity contribution is 0.329. The molecule has 3 aliphatic carbocycles. The molecule has 0 aromatic carbocycles. The molecule has 0 aliphatic heterocycles. The minimum Gasteiger partial charge on any atom is -0.476 e. The SMILES string of the molecule is CCOc1nc(NC2C3C4CCC(C4)C23)ccc1N. The van der Waals surface area contributed by atoms with E-state index in [0.29, 0.717) is 24.2 Å². The standard InChI is InChI=1S/C15H21N3O/c1-2-19-15-10(16)5-6-11(18-15)17-14-12-8-3-4-9(7-8)13(12)14/h5-6,8-9,12-14H,2-4,7,16H2,1H3,(H,17,18). The predicted octanol–water partition coefficient (Wildman–Crippen LogP) is 2.52. The number of hydrogen-bond acceptors (Lipinski definition) is 4. The molecule has 102 valence electrons. The van der Waals surface area contributed by atoms with E-state index in [2.05, 4.69) is 10.3 Å². The van der Waals surface area contributed by atoms with Crippen LogP contribution in [0.15, 0.2) is 12.1 Å². The van der Waals surface area contributed by atoms with Gasteiger partial charge in [0.2, 0.25) is 5.88 Å². The van der Waals surface area contributed by atoms with E-state index in [0.717, 1.165) is 29.5 Å². The molecular weight excluding hydrogens is 238 g/mol. The summed E-state index contributed by atoms with van der Waals surface area (Å²) in [6.07, 6.45) is 4.37. The molecule has 3 saturated carbocycles. The molecule has 19 heavy (non-hydrogen) atoms. The number of rotatable bonds is 4. The van der Waals surface area contributed by atoms with Crippen molar-refractivity contribution in [3.8, 4) is 5.88 Å². The molecule has 1 heterocycles. The van der Waals surface area contributed by atoms with Gasteiger partial charge in [-0.3, -0.25) is 0 Å². The van der Waals surface area contributed by atoms with Crippen LogP contribution in [0.3, 0.4) is 0 Å². The molecule has 0 spiro atoms. The Kier molecular flexibility index (Phi) is 2.41. The van der Waals surface area contributed by atoms with Crippen LogP contribution in [0.2, 0.25) is 0 Å². The van der Waals surface area contributed by atoms with Crippen molar-refractivity contribution in [3.63, 3.8) is 0 Å². The van der Waals surface area contributed by atoms with Crippen molar-refractivity contribution < 1.29 is 4.74 Å². The van der Waals surface area contributed by atoms with Gasteiger partial charge in [-0.2, -0.15) is 4.98 Å². The van der Waals surface area contributed by atoms with E-state index in [1.54, 1.807) is 0 Å². The van der Waals surface area contributed by atoms with Crippen molar-refractivity contribution in [1.29, 1.82) is 0 Å². The number of nitrogens with one attached hydrogen (secondary N) is 1. The first-order valence-electron chi connectivity index (χ1n) is 7.43. The van der Waals surface area contributed by atoms with Crippen molar-refractivity contribution in [1.82, 2.24) is 4.98 Å². The lowest BCUT2D eigenvalue weighted by atomic mass is 10.0. The van der Waals surface area contributed by atoms with Gasteiger partial charge in [-0.05, 0) is 62.0 Å². The third-order valence-electron chi connectivity index (χ3n) is 5.22. The predicted molar refractivity (Wildman–Crippen MR) is 75.0 cm³/mol. The van der Waals surface area contributed by atoms with Crippen LogP contribution in [0.4, 0.5) is 11.5 Å². The summed E-state index contributed by atoms with van der Waals surface area (Å²) in [4.78, 5) is 4.48. The number of ether oxygens (including phenoxy) is 1. The zero-order valence-electron chi connectivity index (χ0n) is 11.3. The van der Waals surface area contributed by atoms with E-state index in [1.165, 1.54) is 19.3 Å². The molecule has 1 aromatic rings. The Morgan fingerprint density at radius 2 is 2.05 bits per heavy atom. The first-order valence-corrected chi connectivity index (χ1v) is 7.43. The Morgan fingerprint density at radius 3 is 2.74 bits per heavy atom. The summed E-state index contributed by atoms with van der Waals surface area (Å²) in [6, 6.07) is 4.50. The van der Waals surface area contributed by atoms with Crippen LogP contribution in [0.5, 0.6) is 5.88 Å². The molecule has 4 nitrogen and oxygen atoms in total. The maximum Gasteiger partial charge on any atom is 0.239 e. The Labute approximate surface area is 113 Å². The van der Waals surface area contributed by atoms with Crippen LogP contribution in [-0.2, 0) is 0 Å². The van der Waals surface area contributed by atoms with Gasteiger partial charge in [0.15, 0.2) is 0 Å². The lowest BCUT2D eigenvalue weighted by Crippen LogP contribution is -2.14. The maximum atomic E-state index is 5.85. The summed E-state index contributed by atoms with van der Waals surface area (Å²) < 4.78 is 5.45. The molecule has 4 rings (SSSR count). The number of nitrogens with two attached hydrogens (primary N) is 1. The fraction of sp³-hybridized carbons (Fsp3) is 0.667. The van der Waals surface area contributed by atoms with Crippen LogP contribution >= 0.6 is 0 Å². The number of aromatic nitrogens is 1. The number of hydrogen-bond donors (Lipinski definition) is 2. The van der Waals surface area contributed by atoms with Crippen molar-refractivity contribution >= 4 is 11.5 Å². The van der Waals surface area contributed by atoms with Crippen LogP contribution in [0.1, 0.15) is 26.2 Å². The molecule has 4 unspecified atom stereocenters. The summed E-state index contributed by atoms with van der Waals surface area (Å²) in [6.45, 7) is 2.55. The summed E-state index contributed by atoms with van der Waals surface area (Å²) in [5, 5.41) is 3.60. The van der Waals surface area contributed by atoms with Gasteiger partial charge >= 0.3 is 0 Å². The highest BCUT2D eigenvalue weighted by molar-refractivity contribution is 5.54. The molecule has 1 aromatic heterocycles. The Bertz CT molecular complexity index is 488. The number of nitrogen functional groups attached to an aromatic ring is 1. The minimum atomic E-state index is 0.557. The highest BCUT2D eigenvalue weighted by Crippen LogP contribution is 2.66. The highest BCUT2D eigenvalue weighted by Gasteiger charge is 2.65.